The number of ether oxygens (including phenoxy) is 2. The summed E-state index contributed by atoms with van der Waals surface area (Å²) in [5.74, 6) is 2.56. The van der Waals surface area contributed by atoms with E-state index < -0.39 is 0 Å². The molecule has 0 aromatic heterocycles. The van der Waals surface area contributed by atoms with Crippen LogP contribution in [0.4, 0.5) is 0 Å². The van der Waals surface area contributed by atoms with Gasteiger partial charge in [-0.05, 0) is 78.3 Å². The number of hydrogen-bond acceptors (Lipinski definition) is 3. The Morgan fingerprint density at radius 2 is 2.05 bits per heavy atom. The summed E-state index contributed by atoms with van der Waals surface area (Å²) < 4.78 is 12.8. The highest BCUT2D eigenvalue weighted by atomic mass is 79.9. The van der Waals surface area contributed by atoms with E-state index in [1.54, 1.807) is 0 Å². The fourth-order valence-corrected chi connectivity index (χ4v) is 3.66. The summed E-state index contributed by atoms with van der Waals surface area (Å²) in [5.41, 5.74) is 2.63. The molecular weight excluding hydrogens is 318 g/mol. The van der Waals surface area contributed by atoms with E-state index in [2.05, 4.69) is 34.2 Å². The van der Waals surface area contributed by atoms with Crippen molar-refractivity contribution in [2.24, 2.45) is 5.92 Å². The van der Waals surface area contributed by atoms with E-state index in [1.807, 2.05) is 0 Å². The predicted molar refractivity (Wildman–Crippen MR) is 83.8 cm³/mol. The van der Waals surface area contributed by atoms with Crippen molar-refractivity contribution >= 4 is 15.9 Å². The molecule has 1 fully saturated rings. The minimum Gasteiger partial charge on any atom is -0.489 e. The summed E-state index contributed by atoms with van der Waals surface area (Å²) in [5, 5.41) is 3.49. The topological polar surface area (TPSA) is 30.5 Å². The van der Waals surface area contributed by atoms with Crippen LogP contribution in [0.5, 0.6) is 11.5 Å². The molecule has 1 unspecified atom stereocenters. The van der Waals surface area contributed by atoms with Gasteiger partial charge in [0.15, 0.2) is 11.5 Å². The molecule has 0 saturated carbocycles. The van der Waals surface area contributed by atoms with E-state index in [9.17, 15) is 0 Å². The summed E-state index contributed by atoms with van der Waals surface area (Å²) in [6.07, 6.45) is 4.67. The van der Waals surface area contributed by atoms with Crippen LogP contribution in [0, 0.1) is 12.8 Å². The lowest BCUT2D eigenvalue weighted by Gasteiger charge is -2.24. The highest BCUT2D eigenvalue weighted by Crippen LogP contribution is 2.42. The lowest BCUT2D eigenvalue weighted by molar-refractivity contribution is 0.296. The van der Waals surface area contributed by atoms with Crippen LogP contribution in [-0.4, -0.2) is 26.3 Å². The van der Waals surface area contributed by atoms with Crippen LogP contribution in [0.2, 0.25) is 0 Å². The third kappa shape index (κ3) is 2.96. The molecule has 1 atom stereocenters. The van der Waals surface area contributed by atoms with E-state index in [0.717, 1.165) is 54.5 Å². The molecule has 0 amide bonds. The molecule has 20 heavy (non-hydrogen) atoms. The van der Waals surface area contributed by atoms with Crippen LogP contribution in [-0.2, 0) is 6.42 Å². The average Bonchev–Trinajstić information content (AvgIpc) is 2.72. The van der Waals surface area contributed by atoms with Crippen LogP contribution in [0.15, 0.2) is 10.5 Å². The first kappa shape index (κ1) is 14.2. The molecule has 0 aliphatic carbocycles. The van der Waals surface area contributed by atoms with E-state index in [0.29, 0.717) is 0 Å². The van der Waals surface area contributed by atoms with Crippen molar-refractivity contribution in [2.45, 2.75) is 32.6 Å². The van der Waals surface area contributed by atoms with Gasteiger partial charge in [0.25, 0.3) is 0 Å². The summed E-state index contributed by atoms with van der Waals surface area (Å²) in [4.78, 5) is 0. The van der Waals surface area contributed by atoms with Crippen molar-refractivity contribution in [1.29, 1.82) is 0 Å². The second-order valence-corrected chi connectivity index (χ2v) is 6.62. The van der Waals surface area contributed by atoms with Crippen LogP contribution in [0.3, 0.4) is 0 Å². The Balaban J connectivity index is 1.87. The summed E-state index contributed by atoms with van der Waals surface area (Å²) in [6.45, 7) is 5.93. The zero-order chi connectivity index (χ0) is 13.9. The summed E-state index contributed by atoms with van der Waals surface area (Å²) in [7, 11) is 0. The fraction of sp³-hybridized carbons (Fsp3) is 0.625. The summed E-state index contributed by atoms with van der Waals surface area (Å²) >= 11 is 3.65. The molecule has 3 rings (SSSR count). The number of piperidine rings is 1. The van der Waals surface area contributed by atoms with E-state index in [4.69, 9.17) is 9.47 Å². The standard InChI is InChI=1S/C16H22BrNO2/c1-11-13(8-12-4-2-5-18-10-12)9-14(17)16-15(11)19-6-3-7-20-16/h9,12,18H,2-8,10H2,1H3. The van der Waals surface area contributed by atoms with Gasteiger partial charge >= 0.3 is 0 Å². The van der Waals surface area contributed by atoms with Crippen molar-refractivity contribution < 1.29 is 9.47 Å². The van der Waals surface area contributed by atoms with E-state index in [-0.39, 0.29) is 0 Å². The molecule has 0 radical (unpaired) electrons. The zero-order valence-corrected chi connectivity index (χ0v) is 13.6. The Labute approximate surface area is 129 Å². The normalized spacial score (nSPS) is 22.4. The largest absolute Gasteiger partial charge is 0.489 e. The fourth-order valence-electron chi connectivity index (χ4n) is 3.09. The molecule has 1 saturated heterocycles. The SMILES string of the molecule is Cc1c(CC2CCCNC2)cc(Br)c2c1OCCCO2. The van der Waals surface area contributed by atoms with Crippen LogP contribution in [0.1, 0.15) is 30.4 Å². The first-order valence-electron chi connectivity index (χ1n) is 7.54. The molecule has 1 aromatic rings. The number of fused-ring (bicyclic) bond motifs is 1. The van der Waals surface area contributed by atoms with Gasteiger partial charge in [0.05, 0.1) is 17.7 Å². The molecule has 1 N–H and O–H groups in total. The maximum Gasteiger partial charge on any atom is 0.175 e. The molecule has 2 aliphatic heterocycles. The van der Waals surface area contributed by atoms with Crippen molar-refractivity contribution in [3.63, 3.8) is 0 Å². The maximum atomic E-state index is 5.92. The minimum atomic E-state index is 0.733. The highest BCUT2D eigenvalue weighted by molar-refractivity contribution is 9.10. The van der Waals surface area contributed by atoms with E-state index >= 15 is 0 Å². The van der Waals surface area contributed by atoms with Gasteiger partial charge < -0.3 is 14.8 Å². The smallest absolute Gasteiger partial charge is 0.175 e. The van der Waals surface area contributed by atoms with Crippen molar-refractivity contribution in [2.75, 3.05) is 26.3 Å². The Kier molecular flexibility index (Phi) is 4.51. The Morgan fingerprint density at radius 3 is 2.80 bits per heavy atom. The summed E-state index contributed by atoms with van der Waals surface area (Å²) in [6, 6.07) is 2.22. The van der Waals surface area contributed by atoms with Crippen molar-refractivity contribution in [3.05, 3.63) is 21.7 Å². The first-order valence-corrected chi connectivity index (χ1v) is 8.33. The monoisotopic (exact) mass is 339 g/mol. The molecule has 4 heteroatoms. The van der Waals surface area contributed by atoms with Gasteiger partial charge in [0, 0.05) is 6.42 Å². The van der Waals surface area contributed by atoms with Crippen molar-refractivity contribution in [3.8, 4) is 11.5 Å². The lowest BCUT2D eigenvalue weighted by Crippen LogP contribution is -2.31. The Morgan fingerprint density at radius 1 is 1.25 bits per heavy atom. The second-order valence-electron chi connectivity index (χ2n) is 5.77. The number of benzene rings is 1. The molecule has 0 bridgehead atoms. The maximum absolute atomic E-state index is 5.92. The first-order chi connectivity index (χ1) is 9.75. The Bertz CT molecular complexity index is 484. The zero-order valence-electron chi connectivity index (χ0n) is 12.0. The van der Waals surface area contributed by atoms with Gasteiger partial charge in [0.1, 0.15) is 0 Å². The number of hydrogen-bond donors (Lipinski definition) is 1. The van der Waals surface area contributed by atoms with Gasteiger partial charge in [-0.2, -0.15) is 0 Å². The molecule has 1 aromatic carbocycles. The van der Waals surface area contributed by atoms with Gasteiger partial charge in [-0.1, -0.05) is 0 Å². The number of halogens is 1. The molecule has 2 aliphatic rings. The van der Waals surface area contributed by atoms with Crippen LogP contribution >= 0.6 is 15.9 Å². The van der Waals surface area contributed by atoms with Gasteiger partial charge in [0.2, 0.25) is 0 Å². The molecule has 0 spiro atoms. The number of nitrogens with one attached hydrogen (secondary N) is 1. The lowest BCUT2D eigenvalue weighted by atomic mass is 9.90. The van der Waals surface area contributed by atoms with Crippen LogP contribution in [0.25, 0.3) is 0 Å². The third-order valence-corrected chi connectivity index (χ3v) is 4.82. The molecular formula is C16H22BrNO2. The van der Waals surface area contributed by atoms with Gasteiger partial charge in [-0.3, -0.25) is 0 Å². The number of rotatable bonds is 2. The van der Waals surface area contributed by atoms with Crippen molar-refractivity contribution in [1.82, 2.24) is 5.32 Å². The second kappa shape index (κ2) is 6.35. The van der Waals surface area contributed by atoms with Gasteiger partial charge in [-0.25, -0.2) is 0 Å². The minimum absolute atomic E-state index is 0.733. The van der Waals surface area contributed by atoms with Gasteiger partial charge in [-0.15, -0.1) is 0 Å². The predicted octanol–water partition coefficient (Wildman–Crippen LogP) is 3.46. The average molecular weight is 340 g/mol. The molecule has 2 heterocycles. The van der Waals surface area contributed by atoms with E-state index in [1.165, 1.54) is 30.5 Å². The highest BCUT2D eigenvalue weighted by Gasteiger charge is 2.21. The quantitative estimate of drug-likeness (QED) is 0.894. The Hall–Kier alpha value is -0.740. The molecule has 110 valence electrons. The van der Waals surface area contributed by atoms with Crippen LogP contribution < -0.4 is 14.8 Å². The third-order valence-electron chi connectivity index (χ3n) is 4.24. The molecule has 3 nitrogen and oxygen atoms in total.